The van der Waals surface area contributed by atoms with Crippen molar-refractivity contribution in [2.75, 3.05) is 11.1 Å². The molecular weight excluding hydrogens is 284 g/mol. The molecule has 1 heterocycles. The Morgan fingerprint density at radius 3 is 2.70 bits per heavy atom. The second-order valence-electron chi connectivity index (χ2n) is 5.85. The molecule has 1 aliphatic heterocycles. The van der Waals surface area contributed by atoms with Crippen molar-refractivity contribution < 1.29 is 4.79 Å². The number of nitrogens with one attached hydrogen (secondary N) is 1. The van der Waals surface area contributed by atoms with Crippen molar-refractivity contribution >= 4 is 28.9 Å². The highest BCUT2D eigenvalue weighted by molar-refractivity contribution is 6.35. The molecule has 1 aromatic carbocycles. The first kappa shape index (κ1) is 13.6. The summed E-state index contributed by atoms with van der Waals surface area (Å²) in [5.74, 6) is -0.0837. The number of rotatable bonds is 1. The van der Waals surface area contributed by atoms with Crippen LogP contribution in [-0.4, -0.2) is 5.91 Å². The van der Waals surface area contributed by atoms with E-state index in [1.807, 2.05) is 67.6 Å². The molecule has 0 fully saturated rings. The number of aryl methyl sites for hydroxylation is 1. The number of nitrogen functional groups attached to an aromatic ring is 1. The summed E-state index contributed by atoms with van der Waals surface area (Å²) in [7, 11) is 0. The molecule has 3 nitrogen and oxygen atoms in total. The fourth-order valence-corrected chi connectivity index (χ4v) is 3.08. The molecule has 23 heavy (non-hydrogen) atoms. The van der Waals surface area contributed by atoms with E-state index in [2.05, 4.69) is 5.32 Å². The van der Waals surface area contributed by atoms with Crippen LogP contribution < -0.4 is 11.1 Å². The molecule has 0 unspecified atom stereocenters. The summed E-state index contributed by atoms with van der Waals surface area (Å²) in [6.07, 6.45) is 1.90. The van der Waals surface area contributed by atoms with Gasteiger partial charge in [0.2, 0.25) is 0 Å². The zero-order chi connectivity index (χ0) is 16.0. The Morgan fingerprint density at radius 1 is 1.00 bits per heavy atom. The van der Waals surface area contributed by atoms with Crippen LogP contribution in [0.4, 0.5) is 11.4 Å². The van der Waals surface area contributed by atoms with E-state index in [0.717, 1.165) is 33.5 Å². The van der Waals surface area contributed by atoms with Gasteiger partial charge in [0.25, 0.3) is 5.91 Å². The number of anilines is 2. The lowest BCUT2D eigenvalue weighted by Gasteiger charge is -2.02. The number of hydrogen-bond donors (Lipinski definition) is 2. The summed E-state index contributed by atoms with van der Waals surface area (Å²) in [5.41, 5.74) is 13.5. The van der Waals surface area contributed by atoms with E-state index in [9.17, 15) is 4.79 Å². The number of amides is 1. The minimum absolute atomic E-state index is 0.0837. The summed E-state index contributed by atoms with van der Waals surface area (Å²) in [6, 6.07) is 17.9. The zero-order valence-corrected chi connectivity index (χ0v) is 12.8. The first-order valence-corrected chi connectivity index (χ1v) is 7.55. The van der Waals surface area contributed by atoms with E-state index < -0.39 is 0 Å². The molecule has 0 atom stereocenters. The monoisotopic (exact) mass is 300 g/mol. The lowest BCUT2D eigenvalue weighted by atomic mass is 10.0. The second kappa shape index (κ2) is 4.99. The standard InChI is InChI=1S/C20H16N2O/c1-12-7-8-19-16(9-12)17(20(23)22-19)11-15-14-6-4-2-3-5-13(14)10-18(15)21/h2-11H,21H2,1H3,(H,22,23). The van der Waals surface area contributed by atoms with Gasteiger partial charge in [-0.1, -0.05) is 42.0 Å². The minimum atomic E-state index is -0.0837. The number of benzene rings is 1. The largest absolute Gasteiger partial charge is 0.398 e. The van der Waals surface area contributed by atoms with Crippen molar-refractivity contribution in [2.24, 2.45) is 0 Å². The summed E-state index contributed by atoms with van der Waals surface area (Å²) >= 11 is 0. The molecule has 0 aromatic heterocycles. The van der Waals surface area contributed by atoms with Gasteiger partial charge in [0, 0.05) is 28.1 Å². The first-order chi connectivity index (χ1) is 11.1. The maximum atomic E-state index is 12.4. The van der Waals surface area contributed by atoms with Crippen LogP contribution >= 0.6 is 0 Å². The molecule has 0 bridgehead atoms. The van der Waals surface area contributed by atoms with Crippen molar-refractivity contribution in [3.63, 3.8) is 0 Å². The van der Waals surface area contributed by atoms with Gasteiger partial charge in [-0.2, -0.15) is 0 Å². The van der Waals surface area contributed by atoms with E-state index in [-0.39, 0.29) is 5.91 Å². The Balaban J connectivity index is 1.92. The van der Waals surface area contributed by atoms with Gasteiger partial charge in [0.05, 0.1) is 0 Å². The van der Waals surface area contributed by atoms with Crippen LogP contribution in [0.2, 0.25) is 0 Å². The van der Waals surface area contributed by atoms with Crippen LogP contribution in [0.25, 0.3) is 22.8 Å². The normalized spacial score (nSPS) is 15.0. The fraction of sp³-hybridized carbons (Fsp3) is 0.0500. The summed E-state index contributed by atoms with van der Waals surface area (Å²) in [6.45, 7) is 2.02. The first-order valence-electron chi connectivity index (χ1n) is 7.55. The van der Waals surface area contributed by atoms with Crippen molar-refractivity contribution in [3.05, 3.63) is 71.3 Å². The molecule has 0 radical (unpaired) electrons. The predicted molar refractivity (Wildman–Crippen MR) is 95.2 cm³/mol. The van der Waals surface area contributed by atoms with E-state index in [1.54, 1.807) is 0 Å². The third-order valence-electron chi connectivity index (χ3n) is 4.23. The lowest BCUT2D eigenvalue weighted by Crippen LogP contribution is -2.03. The lowest BCUT2D eigenvalue weighted by molar-refractivity contribution is -0.110. The predicted octanol–water partition coefficient (Wildman–Crippen LogP) is 4.17. The highest BCUT2D eigenvalue weighted by Crippen LogP contribution is 2.39. The quantitative estimate of drug-likeness (QED) is 0.663. The van der Waals surface area contributed by atoms with Gasteiger partial charge >= 0.3 is 0 Å². The minimum Gasteiger partial charge on any atom is -0.398 e. The van der Waals surface area contributed by atoms with Crippen LogP contribution in [-0.2, 0) is 4.79 Å². The Labute approximate surface area is 134 Å². The van der Waals surface area contributed by atoms with Crippen molar-refractivity contribution in [3.8, 4) is 11.1 Å². The summed E-state index contributed by atoms with van der Waals surface area (Å²) in [4.78, 5) is 12.4. The third-order valence-corrected chi connectivity index (χ3v) is 4.23. The Bertz CT molecular complexity index is 940. The van der Waals surface area contributed by atoms with Crippen molar-refractivity contribution in [2.45, 2.75) is 6.92 Å². The molecule has 2 aliphatic carbocycles. The van der Waals surface area contributed by atoms with Crippen LogP contribution in [0.15, 0.2) is 54.6 Å². The molecule has 1 amide bonds. The van der Waals surface area contributed by atoms with E-state index in [4.69, 9.17) is 5.73 Å². The second-order valence-corrected chi connectivity index (χ2v) is 5.85. The summed E-state index contributed by atoms with van der Waals surface area (Å²) in [5, 5.41) is 2.91. The fourth-order valence-electron chi connectivity index (χ4n) is 3.08. The molecule has 112 valence electrons. The molecule has 3 N–H and O–H groups in total. The molecule has 0 saturated heterocycles. The van der Waals surface area contributed by atoms with Crippen LogP contribution in [0.1, 0.15) is 16.7 Å². The highest BCUT2D eigenvalue weighted by atomic mass is 16.2. The average Bonchev–Trinajstić information content (AvgIpc) is 2.86. The highest BCUT2D eigenvalue weighted by Gasteiger charge is 2.25. The Morgan fingerprint density at radius 2 is 1.83 bits per heavy atom. The molecule has 0 saturated carbocycles. The van der Waals surface area contributed by atoms with E-state index in [1.165, 1.54) is 0 Å². The average molecular weight is 300 g/mol. The van der Waals surface area contributed by atoms with Gasteiger partial charge < -0.3 is 11.1 Å². The smallest absolute Gasteiger partial charge is 0.256 e. The zero-order valence-electron chi connectivity index (χ0n) is 12.8. The SMILES string of the molecule is Cc1ccc2c(c1)C(=Cc1c(N)cc3cccccc1-3)C(=O)N2. The molecule has 4 rings (SSSR count). The van der Waals surface area contributed by atoms with Crippen LogP contribution in [0.5, 0.6) is 0 Å². The van der Waals surface area contributed by atoms with Crippen LogP contribution in [0, 0.1) is 6.92 Å². The number of carbonyl (C=O) groups is 1. The van der Waals surface area contributed by atoms with E-state index >= 15 is 0 Å². The Kier molecular flexibility index (Phi) is 2.95. The van der Waals surface area contributed by atoms with Crippen LogP contribution in [0.3, 0.4) is 0 Å². The van der Waals surface area contributed by atoms with Crippen molar-refractivity contribution in [1.82, 2.24) is 0 Å². The maximum absolute atomic E-state index is 12.4. The molecule has 1 aromatic rings. The van der Waals surface area contributed by atoms with E-state index in [0.29, 0.717) is 11.3 Å². The van der Waals surface area contributed by atoms with Gasteiger partial charge in [-0.3, -0.25) is 4.79 Å². The molecular formula is C20H16N2O. The van der Waals surface area contributed by atoms with Crippen molar-refractivity contribution in [1.29, 1.82) is 0 Å². The Hall–Kier alpha value is -3.07. The molecule has 0 spiro atoms. The third kappa shape index (κ3) is 2.18. The topological polar surface area (TPSA) is 55.1 Å². The van der Waals surface area contributed by atoms with Gasteiger partial charge in [-0.05, 0) is 42.3 Å². The number of carbonyl (C=O) groups excluding carboxylic acids is 1. The maximum Gasteiger partial charge on any atom is 0.256 e. The number of hydrogen-bond acceptors (Lipinski definition) is 2. The van der Waals surface area contributed by atoms with Gasteiger partial charge in [-0.25, -0.2) is 0 Å². The number of nitrogens with two attached hydrogens (primary N) is 1. The molecule has 3 heteroatoms. The van der Waals surface area contributed by atoms with Gasteiger partial charge in [0.15, 0.2) is 0 Å². The van der Waals surface area contributed by atoms with Gasteiger partial charge in [0.1, 0.15) is 0 Å². The summed E-state index contributed by atoms with van der Waals surface area (Å²) < 4.78 is 0. The molecule has 3 aliphatic rings. The number of fused-ring (bicyclic) bond motifs is 2. The van der Waals surface area contributed by atoms with Gasteiger partial charge in [-0.15, -0.1) is 0 Å².